The number of hydrogen-bond acceptors (Lipinski definition) is 9. The van der Waals surface area contributed by atoms with Crippen molar-refractivity contribution in [2.75, 3.05) is 35.9 Å². The van der Waals surface area contributed by atoms with Crippen molar-refractivity contribution in [2.45, 2.75) is 51.6 Å². The van der Waals surface area contributed by atoms with Gasteiger partial charge in [-0.15, -0.1) is 0 Å². The summed E-state index contributed by atoms with van der Waals surface area (Å²) in [5.74, 6) is 4.07. The van der Waals surface area contributed by atoms with Crippen LogP contribution in [0.4, 0.5) is 11.5 Å². The van der Waals surface area contributed by atoms with E-state index in [0.717, 1.165) is 45.3 Å². The molecule has 0 aromatic carbocycles. The number of anilines is 2. The Kier molecular flexibility index (Phi) is 6.60. The summed E-state index contributed by atoms with van der Waals surface area (Å²) in [6.07, 6.45) is 11.7. The molecule has 2 saturated carbocycles. The number of fused-ring (bicyclic) bond motifs is 3. The van der Waals surface area contributed by atoms with Crippen LogP contribution in [0.3, 0.4) is 0 Å². The van der Waals surface area contributed by atoms with Crippen LogP contribution >= 0.6 is 0 Å². The number of methoxy groups -OCH3 is 1. The summed E-state index contributed by atoms with van der Waals surface area (Å²) in [7, 11) is -1.40. The van der Waals surface area contributed by atoms with Gasteiger partial charge in [0.2, 0.25) is 0 Å². The molecule has 1 aliphatic heterocycles. The van der Waals surface area contributed by atoms with Gasteiger partial charge < -0.3 is 15.0 Å². The summed E-state index contributed by atoms with van der Waals surface area (Å²) in [4.78, 5) is 16.5. The minimum Gasteiger partial charge on any atom is -0.496 e. The normalized spacial score (nSPS) is 25.1. The Balaban J connectivity index is 1.30. The van der Waals surface area contributed by atoms with Gasteiger partial charge >= 0.3 is 0 Å². The van der Waals surface area contributed by atoms with Crippen molar-refractivity contribution < 1.29 is 13.2 Å². The SMILES string of the molecule is COc1ccncc1-c1cc2c(cnn2-c2cc(N3C[C@H](CS(C)(=O)=O)[C@H]3C)cc(NC3CC4CCC3C4)n2)c(C)n1. The molecule has 3 unspecified atom stereocenters. The molecule has 2 bridgehead atoms. The van der Waals surface area contributed by atoms with Gasteiger partial charge in [0.25, 0.3) is 0 Å². The Morgan fingerprint density at radius 2 is 1.98 bits per heavy atom. The molecule has 42 heavy (non-hydrogen) atoms. The van der Waals surface area contributed by atoms with Crippen LogP contribution in [-0.2, 0) is 9.84 Å². The van der Waals surface area contributed by atoms with E-state index in [4.69, 9.17) is 19.8 Å². The number of ether oxygens (including phenoxy) is 1. The lowest BCUT2D eigenvalue weighted by Gasteiger charge is -2.48. The van der Waals surface area contributed by atoms with Gasteiger partial charge in [0, 0.05) is 72.1 Å². The van der Waals surface area contributed by atoms with Crippen LogP contribution in [-0.4, -0.2) is 70.9 Å². The second kappa shape index (κ2) is 10.2. The van der Waals surface area contributed by atoms with E-state index in [0.29, 0.717) is 30.1 Å². The number of sulfone groups is 1. The maximum absolute atomic E-state index is 12.0. The van der Waals surface area contributed by atoms with E-state index in [1.165, 1.54) is 31.9 Å². The van der Waals surface area contributed by atoms with Crippen LogP contribution in [0.25, 0.3) is 28.0 Å². The van der Waals surface area contributed by atoms with E-state index in [2.05, 4.69) is 34.3 Å². The first-order valence-corrected chi connectivity index (χ1v) is 16.8. The summed E-state index contributed by atoms with van der Waals surface area (Å²) < 4.78 is 31.5. The van der Waals surface area contributed by atoms with E-state index >= 15 is 0 Å². The van der Waals surface area contributed by atoms with E-state index in [1.54, 1.807) is 19.5 Å². The third-order valence-electron chi connectivity index (χ3n) is 9.57. The van der Waals surface area contributed by atoms with Gasteiger partial charge in [-0.25, -0.2) is 18.1 Å². The number of rotatable bonds is 8. The van der Waals surface area contributed by atoms with Crippen molar-refractivity contribution in [3.63, 3.8) is 0 Å². The Morgan fingerprint density at radius 3 is 2.69 bits per heavy atom. The van der Waals surface area contributed by atoms with E-state index in [9.17, 15) is 8.42 Å². The highest BCUT2D eigenvalue weighted by atomic mass is 32.2. The fourth-order valence-electron chi connectivity index (χ4n) is 7.32. The van der Waals surface area contributed by atoms with Crippen molar-refractivity contribution in [3.05, 3.63) is 48.5 Å². The highest BCUT2D eigenvalue weighted by molar-refractivity contribution is 7.90. The average Bonchev–Trinajstić information content (AvgIpc) is 3.70. The molecule has 2 aliphatic carbocycles. The zero-order valence-electron chi connectivity index (χ0n) is 24.5. The molecular weight excluding hydrogens is 550 g/mol. The third kappa shape index (κ3) is 4.87. The Bertz CT molecular complexity index is 1770. The van der Waals surface area contributed by atoms with Crippen molar-refractivity contribution in [3.8, 4) is 22.8 Å². The fraction of sp³-hybridized carbons (Fsp3) is 0.484. The summed E-state index contributed by atoms with van der Waals surface area (Å²) >= 11 is 0. The van der Waals surface area contributed by atoms with Gasteiger partial charge in [-0.3, -0.25) is 9.97 Å². The number of aryl methyl sites for hydroxylation is 1. The number of nitrogens with zero attached hydrogens (tertiary/aromatic N) is 6. The zero-order valence-corrected chi connectivity index (χ0v) is 25.3. The standard InChI is InChI=1S/C31H37N7O3S/c1-18-24-15-33-38(28(24)13-27(34-18)25-14-32-8-7-29(25)41-3)31-12-23(37-16-22(19(37)2)17-42(4,39)40)11-30(36-31)35-26-10-20-5-6-21(26)9-20/h7-8,11-15,19-22,26H,5-6,9-10,16-17H2,1-4H3,(H,35,36)/t19-,20?,21?,22-,26?/m1/s1. The molecule has 4 aromatic heterocycles. The van der Waals surface area contributed by atoms with Crippen molar-refractivity contribution in [1.82, 2.24) is 24.7 Å². The van der Waals surface area contributed by atoms with Gasteiger partial charge in [-0.2, -0.15) is 5.10 Å². The first kappa shape index (κ1) is 27.1. The second-order valence-corrected chi connectivity index (χ2v) is 14.6. The Labute approximate surface area is 246 Å². The predicted molar refractivity (Wildman–Crippen MR) is 164 cm³/mol. The molecule has 5 heterocycles. The van der Waals surface area contributed by atoms with Crippen LogP contribution in [0, 0.1) is 24.7 Å². The summed E-state index contributed by atoms with van der Waals surface area (Å²) in [6.45, 7) is 4.78. The van der Waals surface area contributed by atoms with E-state index in [-0.39, 0.29) is 17.7 Å². The number of hydrogen-bond donors (Lipinski definition) is 1. The van der Waals surface area contributed by atoms with Gasteiger partial charge in [0.05, 0.1) is 35.8 Å². The molecule has 5 atom stereocenters. The van der Waals surface area contributed by atoms with Crippen molar-refractivity contribution >= 4 is 32.2 Å². The topological polar surface area (TPSA) is 115 Å². The monoisotopic (exact) mass is 587 g/mol. The molecule has 3 aliphatic rings. The lowest BCUT2D eigenvalue weighted by atomic mass is 9.91. The zero-order chi connectivity index (χ0) is 29.2. The molecule has 0 spiro atoms. The molecule has 1 saturated heterocycles. The van der Waals surface area contributed by atoms with Crippen LogP contribution in [0.15, 0.2) is 42.9 Å². The molecule has 11 heteroatoms. The minimum absolute atomic E-state index is 0.106. The van der Waals surface area contributed by atoms with Crippen LogP contribution in [0.1, 0.15) is 38.3 Å². The van der Waals surface area contributed by atoms with Crippen molar-refractivity contribution in [2.24, 2.45) is 17.8 Å². The molecule has 1 N–H and O–H groups in total. The van der Waals surface area contributed by atoms with E-state index in [1.807, 2.05) is 29.9 Å². The lowest BCUT2D eigenvalue weighted by molar-refractivity contribution is 0.341. The first-order chi connectivity index (χ1) is 20.2. The Hall–Kier alpha value is -3.73. The van der Waals surface area contributed by atoms with Gasteiger partial charge in [0.1, 0.15) is 21.4 Å². The maximum atomic E-state index is 12.0. The molecule has 220 valence electrons. The number of pyridine rings is 3. The number of nitrogens with one attached hydrogen (secondary N) is 1. The van der Waals surface area contributed by atoms with Crippen molar-refractivity contribution in [1.29, 1.82) is 0 Å². The summed E-state index contributed by atoms with van der Waals surface area (Å²) in [5, 5.41) is 9.51. The molecule has 0 amide bonds. The lowest BCUT2D eigenvalue weighted by Crippen LogP contribution is -2.57. The predicted octanol–water partition coefficient (Wildman–Crippen LogP) is 4.66. The van der Waals surface area contributed by atoms with Crippen LogP contribution in [0.2, 0.25) is 0 Å². The fourth-order valence-corrected chi connectivity index (χ4v) is 8.48. The third-order valence-corrected chi connectivity index (χ3v) is 10.6. The quantitative estimate of drug-likeness (QED) is 0.314. The highest BCUT2D eigenvalue weighted by Gasteiger charge is 2.40. The Morgan fingerprint density at radius 1 is 1.12 bits per heavy atom. The largest absolute Gasteiger partial charge is 0.496 e. The van der Waals surface area contributed by atoms with Gasteiger partial charge in [0.15, 0.2) is 5.82 Å². The molecule has 0 radical (unpaired) electrons. The molecule has 3 fully saturated rings. The smallest absolute Gasteiger partial charge is 0.158 e. The van der Waals surface area contributed by atoms with Gasteiger partial charge in [-0.05, 0) is 57.1 Å². The molecule has 7 rings (SSSR count). The van der Waals surface area contributed by atoms with E-state index < -0.39 is 9.84 Å². The molecule has 4 aromatic rings. The number of aromatic nitrogens is 5. The van der Waals surface area contributed by atoms with Crippen LogP contribution in [0.5, 0.6) is 5.75 Å². The summed E-state index contributed by atoms with van der Waals surface area (Å²) in [6, 6.07) is 8.56. The highest BCUT2D eigenvalue weighted by Crippen LogP contribution is 2.46. The second-order valence-electron chi connectivity index (χ2n) is 12.4. The summed E-state index contributed by atoms with van der Waals surface area (Å²) in [5.41, 5.74) is 4.33. The molecular formula is C31H37N7O3S. The first-order valence-electron chi connectivity index (χ1n) is 14.7. The minimum atomic E-state index is -3.04. The van der Waals surface area contributed by atoms with Crippen LogP contribution < -0.4 is 15.0 Å². The maximum Gasteiger partial charge on any atom is 0.158 e. The average molecular weight is 588 g/mol. The molecule has 10 nitrogen and oxygen atoms in total. The van der Waals surface area contributed by atoms with Gasteiger partial charge in [-0.1, -0.05) is 6.42 Å².